The van der Waals surface area contributed by atoms with Crippen LogP contribution in [0, 0.1) is 12.3 Å². The molecule has 0 atom stereocenters. The maximum Gasteiger partial charge on any atom is 0.278 e. The number of hydrogen-bond donors (Lipinski definition) is 1. The molecule has 0 saturated carbocycles. The highest BCUT2D eigenvalue weighted by Gasteiger charge is 2.34. The number of hydrogen-bond acceptors (Lipinski definition) is 5. The number of aromatic nitrogens is 3. The van der Waals surface area contributed by atoms with Crippen molar-refractivity contribution in [2.45, 2.75) is 33.6 Å². The number of Topliss-reactive ketones (excluding diaryl/α,β-unsaturated/α-hetero) is 1. The minimum atomic E-state index is -0.295. The van der Waals surface area contributed by atoms with Crippen molar-refractivity contribution >= 4 is 28.2 Å². The molecule has 1 aliphatic rings. The first-order valence-electron chi connectivity index (χ1n) is 7.10. The van der Waals surface area contributed by atoms with E-state index in [2.05, 4.69) is 29.2 Å². The van der Waals surface area contributed by atoms with E-state index in [-0.39, 0.29) is 17.1 Å². The van der Waals surface area contributed by atoms with Gasteiger partial charge in [0.15, 0.2) is 16.6 Å². The predicted molar refractivity (Wildman–Crippen MR) is 84.4 cm³/mol. The monoisotopic (exact) mass is 318 g/mol. The van der Waals surface area contributed by atoms with Gasteiger partial charge in [0.05, 0.1) is 10.6 Å². The maximum absolute atomic E-state index is 12.3. The third kappa shape index (κ3) is 2.68. The van der Waals surface area contributed by atoms with E-state index in [4.69, 9.17) is 0 Å². The number of anilines is 1. The second kappa shape index (κ2) is 5.01. The molecule has 0 bridgehead atoms. The zero-order chi connectivity index (χ0) is 16.1. The molecule has 0 saturated heterocycles. The van der Waals surface area contributed by atoms with Crippen molar-refractivity contribution in [1.29, 1.82) is 0 Å². The summed E-state index contributed by atoms with van der Waals surface area (Å²) >= 11 is 1.25. The summed E-state index contributed by atoms with van der Waals surface area (Å²) < 4.78 is 1.60. The molecule has 22 heavy (non-hydrogen) atoms. The van der Waals surface area contributed by atoms with Gasteiger partial charge in [-0.3, -0.25) is 19.6 Å². The Hall–Kier alpha value is -2.02. The van der Waals surface area contributed by atoms with Crippen molar-refractivity contribution in [3.8, 4) is 0 Å². The maximum atomic E-state index is 12.3. The molecule has 1 aliphatic carbocycles. The molecule has 0 fully saturated rings. The van der Waals surface area contributed by atoms with Gasteiger partial charge < -0.3 is 0 Å². The Kier molecular flexibility index (Phi) is 3.40. The van der Waals surface area contributed by atoms with Crippen molar-refractivity contribution in [2.24, 2.45) is 12.5 Å². The van der Waals surface area contributed by atoms with E-state index < -0.39 is 0 Å². The quantitative estimate of drug-likeness (QED) is 0.923. The molecule has 3 rings (SSSR count). The first kappa shape index (κ1) is 14.9. The van der Waals surface area contributed by atoms with Crippen LogP contribution in [0.3, 0.4) is 0 Å². The van der Waals surface area contributed by atoms with E-state index in [1.165, 1.54) is 11.3 Å². The summed E-state index contributed by atoms with van der Waals surface area (Å²) in [6.07, 6.45) is 3.06. The number of rotatable bonds is 2. The number of thiazole rings is 1. The lowest BCUT2D eigenvalue weighted by Gasteiger charge is -2.26. The largest absolute Gasteiger partial charge is 0.296 e. The molecule has 2 aromatic heterocycles. The van der Waals surface area contributed by atoms with Crippen molar-refractivity contribution in [1.82, 2.24) is 14.8 Å². The molecule has 0 spiro atoms. The number of carbonyl (C=O) groups excluding carboxylic acids is 2. The number of fused-ring (bicyclic) bond motifs is 1. The first-order chi connectivity index (χ1) is 10.2. The van der Waals surface area contributed by atoms with E-state index >= 15 is 0 Å². The fraction of sp³-hybridized carbons (Fsp3) is 0.467. The number of ketones is 1. The van der Waals surface area contributed by atoms with Gasteiger partial charge in [-0.2, -0.15) is 5.10 Å². The first-order valence-corrected chi connectivity index (χ1v) is 7.91. The molecular weight excluding hydrogens is 300 g/mol. The molecular formula is C15H18N4O2S. The third-order valence-electron chi connectivity index (χ3n) is 3.68. The standard InChI is InChI=1S/C15H18N4O2S/c1-8-7-19(4)18-11(8)13(21)17-14-16-9-5-15(2,3)6-10(20)12(9)22-14/h7H,5-6H2,1-4H3,(H,16,17,21). The van der Waals surface area contributed by atoms with Crippen LogP contribution in [-0.4, -0.2) is 26.5 Å². The second-order valence-corrected chi connectivity index (χ2v) is 7.52. The van der Waals surface area contributed by atoms with E-state index in [9.17, 15) is 9.59 Å². The minimum absolute atomic E-state index is 0.0724. The number of carbonyl (C=O) groups is 2. The fourth-order valence-corrected chi connectivity index (χ4v) is 3.68. The molecule has 116 valence electrons. The summed E-state index contributed by atoms with van der Waals surface area (Å²) in [4.78, 5) is 29.5. The lowest BCUT2D eigenvalue weighted by molar-refractivity contribution is 0.0915. The summed E-state index contributed by atoms with van der Waals surface area (Å²) in [6.45, 7) is 5.95. The predicted octanol–water partition coefficient (Wildman–Crippen LogP) is 2.59. The summed E-state index contributed by atoms with van der Waals surface area (Å²) in [5, 5.41) is 7.36. The average molecular weight is 318 g/mol. The zero-order valence-corrected chi connectivity index (χ0v) is 13.9. The summed E-state index contributed by atoms with van der Waals surface area (Å²) in [7, 11) is 1.77. The SMILES string of the molecule is Cc1cn(C)nc1C(=O)Nc1nc2c(s1)C(=O)CC(C)(C)C2. The van der Waals surface area contributed by atoms with Crippen LogP contribution >= 0.6 is 11.3 Å². The van der Waals surface area contributed by atoms with Gasteiger partial charge in [-0.15, -0.1) is 0 Å². The topological polar surface area (TPSA) is 76.9 Å². The molecule has 2 aromatic rings. The highest BCUT2D eigenvalue weighted by Crippen LogP contribution is 2.38. The zero-order valence-electron chi connectivity index (χ0n) is 13.1. The van der Waals surface area contributed by atoms with Crippen molar-refractivity contribution in [3.63, 3.8) is 0 Å². The van der Waals surface area contributed by atoms with Crippen LogP contribution in [0.25, 0.3) is 0 Å². The van der Waals surface area contributed by atoms with Gasteiger partial charge in [-0.05, 0) is 18.8 Å². The van der Waals surface area contributed by atoms with Crippen molar-refractivity contribution in [2.75, 3.05) is 5.32 Å². The van der Waals surface area contributed by atoms with Gasteiger partial charge in [0.25, 0.3) is 5.91 Å². The summed E-state index contributed by atoms with van der Waals surface area (Å²) in [6, 6.07) is 0. The Morgan fingerprint density at radius 1 is 1.41 bits per heavy atom. The Labute approximate surface area is 132 Å². The number of nitrogens with zero attached hydrogens (tertiary/aromatic N) is 3. The lowest BCUT2D eigenvalue weighted by Crippen LogP contribution is -2.26. The van der Waals surface area contributed by atoms with Crippen LogP contribution in [0.5, 0.6) is 0 Å². The Bertz CT molecular complexity index is 773. The highest BCUT2D eigenvalue weighted by atomic mass is 32.1. The van der Waals surface area contributed by atoms with Crippen molar-refractivity contribution < 1.29 is 9.59 Å². The van der Waals surface area contributed by atoms with E-state index in [0.29, 0.717) is 22.1 Å². The Morgan fingerprint density at radius 3 is 2.77 bits per heavy atom. The van der Waals surface area contributed by atoms with Gasteiger partial charge in [0.1, 0.15) is 0 Å². The molecule has 0 aliphatic heterocycles. The third-order valence-corrected chi connectivity index (χ3v) is 4.74. The van der Waals surface area contributed by atoms with Crippen molar-refractivity contribution in [3.05, 3.63) is 28.0 Å². The molecule has 2 heterocycles. The van der Waals surface area contributed by atoms with Crippen LogP contribution < -0.4 is 5.32 Å². The van der Waals surface area contributed by atoms with Gasteiger partial charge in [0.2, 0.25) is 0 Å². The molecule has 0 radical (unpaired) electrons. The van der Waals surface area contributed by atoms with Gasteiger partial charge in [0, 0.05) is 25.2 Å². The van der Waals surface area contributed by atoms with Gasteiger partial charge >= 0.3 is 0 Å². The number of amides is 1. The van der Waals surface area contributed by atoms with Gasteiger partial charge in [-0.25, -0.2) is 4.98 Å². The Morgan fingerprint density at radius 2 is 2.14 bits per heavy atom. The second-order valence-electron chi connectivity index (χ2n) is 6.52. The molecule has 7 heteroatoms. The highest BCUT2D eigenvalue weighted by molar-refractivity contribution is 7.17. The van der Waals surface area contributed by atoms with E-state index in [1.807, 2.05) is 6.92 Å². The molecule has 1 N–H and O–H groups in total. The molecule has 0 aromatic carbocycles. The number of aryl methyl sites for hydroxylation is 2. The van der Waals surface area contributed by atoms with Crippen LogP contribution in [0.1, 0.15) is 51.7 Å². The minimum Gasteiger partial charge on any atom is -0.296 e. The molecule has 0 unspecified atom stereocenters. The van der Waals surface area contributed by atoms with Gasteiger partial charge in [-0.1, -0.05) is 25.2 Å². The summed E-state index contributed by atoms with van der Waals surface area (Å²) in [5.41, 5.74) is 1.90. The molecule has 1 amide bonds. The van der Waals surface area contributed by atoms with Crippen LogP contribution in [0.15, 0.2) is 6.20 Å². The van der Waals surface area contributed by atoms with Crippen LogP contribution in [0.4, 0.5) is 5.13 Å². The Balaban J connectivity index is 1.84. The van der Waals surface area contributed by atoms with E-state index in [1.54, 1.807) is 17.9 Å². The smallest absolute Gasteiger partial charge is 0.278 e. The fourth-order valence-electron chi connectivity index (χ4n) is 2.76. The number of nitrogens with one attached hydrogen (secondary N) is 1. The average Bonchev–Trinajstić information content (AvgIpc) is 2.91. The lowest BCUT2D eigenvalue weighted by atomic mass is 9.78. The van der Waals surface area contributed by atoms with Crippen LogP contribution in [0.2, 0.25) is 0 Å². The summed E-state index contributed by atoms with van der Waals surface area (Å²) in [5.74, 6) is -0.186. The normalized spacial score (nSPS) is 16.5. The van der Waals surface area contributed by atoms with E-state index in [0.717, 1.165) is 17.7 Å². The van der Waals surface area contributed by atoms with Crippen LogP contribution in [-0.2, 0) is 13.5 Å². The molecule has 6 nitrogen and oxygen atoms in total.